The summed E-state index contributed by atoms with van der Waals surface area (Å²) in [4.78, 5) is 12.1. The number of nitrogens with one attached hydrogen (secondary N) is 1. The van der Waals surface area contributed by atoms with Crippen molar-refractivity contribution in [2.75, 3.05) is 12.3 Å². The van der Waals surface area contributed by atoms with E-state index in [0.29, 0.717) is 17.7 Å². The molecule has 1 atom stereocenters. The Balaban J connectivity index is 2.84. The minimum atomic E-state index is -0.383. The molecule has 1 rings (SSSR count). The van der Waals surface area contributed by atoms with Crippen molar-refractivity contribution in [1.82, 2.24) is 5.32 Å². The van der Waals surface area contributed by atoms with Crippen LogP contribution < -0.4 is 11.1 Å². The molecule has 0 saturated carbocycles. The van der Waals surface area contributed by atoms with Crippen molar-refractivity contribution in [3.8, 4) is 0 Å². The normalized spacial score (nSPS) is 14.0. The molecule has 0 aliphatic heterocycles. The van der Waals surface area contributed by atoms with E-state index in [2.05, 4.69) is 5.32 Å². The van der Waals surface area contributed by atoms with Crippen LogP contribution in [0.25, 0.3) is 0 Å². The summed E-state index contributed by atoms with van der Waals surface area (Å²) in [5.74, 6) is -0.153. The van der Waals surface area contributed by atoms with E-state index in [4.69, 9.17) is 10.8 Å². The maximum Gasteiger partial charge on any atom is 0.251 e. The van der Waals surface area contributed by atoms with Crippen LogP contribution in [-0.4, -0.2) is 23.2 Å². The average Bonchev–Trinajstić information content (AvgIpc) is 2.32. The first-order valence-corrected chi connectivity index (χ1v) is 6.21. The zero-order valence-electron chi connectivity index (χ0n) is 11.3. The van der Waals surface area contributed by atoms with Gasteiger partial charge < -0.3 is 16.2 Å². The van der Waals surface area contributed by atoms with Gasteiger partial charge in [0.15, 0.2) is 0 Å². The van der Waals surface area contributed by atoms with Gasteiger partial charge in [-0.05, 0) is 44.4 Å². The van der Waals surface area contributed by atoms with E-state index in [9.17, 15) is 4.79 Å². The quantitative estimate of drug-likeness (QED) is 0.698. The molecule has 4 N–H and O–H groups in total. The largest absolute Gasteiger partial charge is 0.398 e. The van der Waals surface area contributed by atoms with Crippen LogP contribution in [0.2, 0.25) is 0 Å². The molecule has 0 spiro atoms. The van der Waals surface area contributed by atoms with Gasteiger partial charge in [-0.3, -0.25) is 4.79 Å². The van der Waals surface area contributed by atoms with Crippen LogP contribution in [-0.2, 0) is 0 Å². The Labute approximate surface area is 108 Å². The maximum atomic E-state index is 12.1. The average molecular weight is 250 g/mol. The van der Waals surface area contributed by atoms with Crippen LogP contribution in [0, 0.1) is 6.92 Å². The summed E-state index contributed by atoms with van der Waals surface area (Å²) in [6.45, 7) is 5.87. The highest BCUT2D eigenvalue weighted by Crippen LogP contribution is 2.17. The lowest BCUT2D eigenvalue weighted by Gasteiger charge is -2.29. The third-order valence-electron chi connectivity index (χ3n) is 3.40. The van der Waals surface area contributed by atoms with Crippen molar-refractivity contribution in [2.24, 2.45) is 0 Å². The van der Waals surface area contributed by atoms with E-state index in [0.717, 1.165) is 12.0 Å². The van der Waals surface area contributed by atoms with E-state index in [1.165, 1.54) is 0 Å². The summed E-state index contributed by atoms with van der Waals surface area (Å²) in [6.07, 6.45) is 1.30. The highest BCUT2D eigenvalue weighted by atomic mass is 16.3. The number of carbonyl (C=O) groups is 1. The van der Waals surface area contributed by atoms with E-state index < -0.39 is 0 Å². The first kappa shape index (κ1) is 14.5. The van der Waals surface area contributed by atoms with E-state index in [-0.39, 0.29) is 18.1 Å². The molecule has 0 bridgehead atoms. The van der Waals surface area contributed by atoms with Crippen molar-refractivity contribution >= 4 is 11.6 Å². The van der Waals surface area contributed by atoms with Crippen LogP contribution in [0.5, 0.6) is 0 Å². The fourth-order valence-electron chi connectivity index (χ4n) is 1.70. The molecule has 18 heavy (non-hydrogen) atoms. The third kappa shape index (κ3) is 3.47. The molecule has 1 unspecified atom stereocenters. The number of anilines is 1. The number of nitrogens with two attached hydrogens (primary N) is 1. The number of benzene rings is 1. The van der Waals surface area contributed by atoms with Crippen molar-refractivity contribution in [3.63, 3.8) is 0 Å². The predicted molar refractivity (Wildman–Crippen MR) is 73.5 cm³/mol. The number of hydrogen-bond acceptors (Lipinski definition) is 3. The molecule has 4 nitrogen and oxygen atoms in total. The Kier molecular flexibility index (Phi) is 4.73. The number of carbonyl (C=O) groups excluding carboxylic acids is 1. The monoisotopic (exact) mass is 250 g/mol. The highest BCUT2D eigenvalue weighted by molar-refractivity contribution is 5.95. The highest BCUT2D eigenvalue weighted by Gasteiger charge is 2.24. The maximum absolute atomic E-state index is 12.1. The molecule has 4 heteroatoms. The minimum absolute atomic E-state index is 0.0562. The second-order valence-corrected chi connectivity index (χ2v) is 4.91. The van der Waals surface area contributed by atoms with Crippen LogP contribution >= 0.6 is 0 Å². The van der Waals surface area contributed by atoms with E-state index in [1.54, 1.807) is 12.1 Å². The Morgan fingerprint density at radius 1 is 1.50 bits per heavy atom. The lowest BCUT2D eigenvalue weighted by molar-refractivity contribution is 0.0886. The summed E-state index contributed by atoms with van der Waals surface area (Å²) in [5, 5.41) is 12.0. The Morgan fingerprint density at radius 3 is 2.67 bits per heavy atom. The number of nitrogen functional groups attached to an aromatic ring is 1. The molecule has 100 valence electrons. The van der Waals surface area contributed by atoms with Gasteiger partial charge in [-0.15, -0.1) is 0 Å². The summed E-state index contributed by atoms with van der Waals surface area (Å²) in [5.41, 5.74) is 7.53. The SMILES string of the molecule is CCC(C)(CCO)NC(=O)c1ccc(C)c(N)c1. The summed E-state index contributed by atoms with van der Waals surface area (Å²) in [7, 11) is 0. The summed E-state index contributed by atoms with van der Waals surface area (Å²) < 4.78 is 0. The lowest BCUT2D eigenvalue weighted by Crippen LogP contribution is -2.46. The van der Waals surface area contributed by atoms with Gasteiger partial charge in [-0.25, -0.2) is 0 Å². The Hall–Kier alpha value is -1.55. The predicted octanol–water partition coefficient (Wildman–Crippen LogP) is 1.86. The Bertz CT molecular complexity index is 432. The van der Waals surface area contributed by atoms with Crippen LogP contribution in [0.3, 0.4) is 0 Å². The van der Waals surface area contributed by atoms with Gasteiger partial charge in [0.25, 0.3) is 5.91 Å². The van der Waals surface area contributed by atoms with E-state index in [1.807, 2.05) is 26.8 Å². The topological polar surface area (TPSA) is 75.3 Å². The Morgan fingerprint density at radius 2 is 2.17 bits per heavy atom. The molecule has 1 amide bonds. The fraction of sp³-hybridized carbons (Fsp3) is 0.500. The lowest BCUT2D eigenvalue weighted by atomic mass is 9.94. The zero-order chi connectivity index (χ0) is 13.8. The minimum Gasteiger partial charge on any atom is -0.398 e. The molecule has 0 fully saturated rings. The van der Waals surface area contributed by atoms with Crippen LogP contribution in [0.1, 0.15) is 42.6 Å². The number of hydrogen-bond donors (Lipinski definition) is 3. The standard InChI is InChI=1S/C14H22N2O2/c1-4-14(3,7-8-17)16-13(18)11-6-5-10(2)12(15)9-11/h5-6,9,17H,4,7-8,15H2,1-3H3,(H,16,18). The molecule has 0 aliphatic carbocycles. The fourth-order valence-corrected chi connectivity index (χ4v) is 1.70. The molecule has 0 aliphatic rings. The molecule has 0 radical (unpaired) electrons. The molecule has 1 aromatic carbocycles. The molecular formula is C14H22N2O2. The van der Waals surface area contributed by atoms with Gasteiger partial charge in [-0.1, -0.05) is 13.0 Å². The molecule has 1 aromatic rings. The van der Waals surface area contributed by atoms with Crippen molar-refractivity contribution in [1.29, 1.82) is 0 Å². The first-order valence-electron chi connectivity index (χ1n) is 6.21. The smallest absolute Gasteiger partial charge is 0.251 e. The van der Waals surface area contributed by atoms with Gasteiger partial charge in [0, 0.05) is 23.4 Å². The third-order valence-corrected chi connectivity index (χ3v) is 3.40. The van der Waals surface area contributed by atoms with Crippen molar-refractivity contribution in [3.05, 3.63) is 29.3 Å². The van der Waals surface area contributed by atoms with Crippen molar-refractivity contribution < 1.29 is 9.90 Å². The zero-order valence-corrected chi connectivity index (χ0v) is 11.3. The second-order valence-electron chi connectivity index (χ2n) is 4.91. The van der Waals surface area contributed by atoms with Gasteiger partial charge in [0.1, 0.15) is 0 Å². The van der Waals surface area contributed by atoms with Gasteiger partial charge >= 0.3 is 0 Å². The van der Waals surface area contributed by atoms with Crippen LogP contribution in [0.4, 0.5) is 5.69 Å². The molecule has 0 aromatic heterocycles. The van der Waals surface area contributed by atoms with E-state index >= 15 is 0 Å². The van der Waals surface area contributed by atoms with Gasteiger partial charge in [-0.2, -0.15) is 0 Å². The van der Waals surface area contributed by atoms with Gasteiger partial charge in [0.2, 0.25) is 0 Å². The first-order chi connectivity index (χ1) is 8.41. The molecule has 0 heterocycles. The molecular weight excluding hydrogens is 228 g/mol. The summed E-state index contributed by atoms with van der Waals surface area (Å²) in [6, 6.07) is 5.27. The van der Waals surface area contributed by atoms with Crippen LogP contribution in [0.15, 0.2) is 18.2 Å². The number of amides is 1. The number of aliphatic hydroxyl groups excluding tert-OH is 1. The van der Waals surface area contributed by atoms with Crippen molar-refractivity contribution in [2.45, 2.75) is 39.2 Å². The second kappa shape index (κ2) is 5.87. The number of aliphatic hydroxyl groups is 1. The number of aryl methyl sites for hydroxylation is 1. The summed E-state index contributed by atoms with van der Waals surface area (Å²) >= 11 is 0. The van der Waals surface area contributed by atoms with Gasteiger partial charge in [0.05, 0.1) is 0 Å². The number of rotatable bonds is 5. The molecule has 0 saturated heterocycles.